The SMILES string of the molecule is CCNC(=O)C(C)c1ccc(N2Cc3ccccc3C2=O)cc1. The van der Waals surface area contributed by atoms with E-state index in [-0.39, 0.29) is 17.7 Å². The zero-order valence-corrected chi connectivity index (χ0v) is 13.4. The van der Waals surface area contributed by atoms with Crippen LogP contribution in [0.15, 0.2) is 48.5 Å². The second-order valence-electron chi connectivity index (χ2n) is 5.76. The van der Waals surface area contributed by atoms with Gasteiger partial charge in [0.05, 0.1) is 12.5 Å². The molecule has 2 aromatic rings. The van der Waals surface area contributed by atoms with Crippen LogP contribution in [0.1, 0.15) is 41.3 Å². The lowest BCUT2D eigenvalue weighted by atomic mass is 10.00. The van der Waals surface area contributed by atoms with Crippen molar-refractivity contribution in [1.29, 1.82) is 0 Å². The lowest BCUT2D eigenvalue weighted by Crippen LogP contribution is -2.27. The molecule has 4 nitrogen and oxygen atoms in total. The second-order valence-corrected chi connectivity index (χ2v) is 5.76. The Bertz CT molecular complexity index is 737. The average molecular weight is 308 g/mol. The Morgan fingerprint density at radius 3 is 2.52 bits per heavy atom. The van der Waals surface area contributed by atoms with Crippen LogP contribution in [-0.2, 0) is 11.3 Å². The van der Waals surface area contributed by atoms with E-state index in [1.807, 2.05) is 62.4 Å². The van der Waals surface area contributed by atoms with E-state index in [4.69, 9.17) is 0 Å². The van der Waals surface area contributed by atoms with Gasteiger partial charge in [-0.05, 0) is 43.2 Å². The van der Waals surface area contributed by atoms with Gasteiger partial charge in [0.25, 0.3) is 5.91 Å². The number of fused-ring (bicyclic) bond motifs is 1. The van der Waals surface area contributed by atoms with E-state index >= 15 is 0 Å². The Morgan fingerprint density at radius 1 is 1.17 bits per heavy atom. The predicted octanol–water partition coefficient (Wildman–Crippen LogP) is 3.09. The van der Waals surface area contributed by atoms with Crippen molar-refractivity contribution in [3.8, 4) is 0 Å². The van der Waals surface area contributed by atoms with Crippen LogP contribution in [0, 0.1) is 0 Å². The number of hydrogen-bond acceptors (Lipinski definition) is 2. The number of carbonyl (C=O) groups is 2. The van der Waals surface area contributed by atoms with Crippen LogP contribution in [0.5, 0.6) is 0 Å². The highest BCUT2D eigenvalue weighted by Crippen LogP contribution is 2.29. The first-order valence-corrected chi connectivity index (χ1v) is 7.89. The minimum absolute atomic E-state index is 0.0184. The molecular formula is C19H20N2O2. The van der Waals surface area contributed by atoms with Gasteiger partial charge in [0.2, 0.25) is 5.91 Å². The highest BCUT2D eigenvalue weighted by molar-refractivity contribution is 6.10. The van der Waals surface area contributed by atoms with Crippen molar-refractivity contribution in [2.45, 2.75) is 26.3 Å². The molecule has 0 aromatic heterocycles. The van der Waals surface area contributed by atoms with E-state index in [0.29, 0.717) is 13.1 Å². The van der Waals surface area contributed by atoms with Gasteiger partial charge in [-0.3, -0.25) is 9.59 Å². The largest absolute Gasteiger partial charge is 0.356 e. The van der Waals surface area contributed by atoms with Crippen molar-refractivity contribution < 1.29 is 9.59 Å². The molecule has 0 bridgehead atoms. The Balaban J connectivity index is 1.79. The lowest BCUT2D eigenvalue weighted by molar-refractivity contribution is -0.122. The zero-order valence-electron chi connectivity index (χ0n) is 13.4. The van der Waals surface area contributed by atoms with Crippen LogP contribution < -0.4 is 10.2 Å². The molecule has 1 N–H and O–H groups in total. The van der Waals surface area contributed by atoms with Gasteiger partial charge in [-0.1, -0.05) is 30.3 Å². The Labute approximate surface area is 136 Å². The summed E-state index contributed by atoms with van der Waals surface area (Å²) in [6.45, 7) is 5.02. The van der Waals surface area contributed by atoms with Gasteiger partial charge in [0.1, 0.15) is 0 Å². The number of benzene rings is 2. The summed E-state index contributed by atoms with van der Waals surface area (Å²) in [5.41, 5.74) is 3.63. The van der Waals surface area contributed by atoms with Crippen LogP contribution in [0.2, 0.25) is 0 Å². The van der Waals surface area contributed by atoms with Crippen LogP contribution in [0.25, 0.3) is 0 Å². The van der Waals surface area contributed by atoms with E-state index in [1.54, 1.807) is 4.90 Å². The monoisotopic (exact) mass is 308 g/mol. The minimum Gasteiger partial charge on any atom is -0.356 e. The summed E-state index contributed by atoms with van der Waals surface area (Å²) >= 11 is 0. The van der Waals surface area contributed by atoms with E-state index < -0.39 is 0 Å². The van der Waals surface area contributed by atoms with E-state index in [1.165, 1.54) is 0 Å². The third-order valence-electron chi connectivity index (χ3n) is 4.27. The molecule has 0 fully saturated rings. The van der Waals surface area contributed by atoms with Crippen LogP contribution in [0.3, 0.4) is 0 Å². The molecule has 0 radical (unpaired) electrons. The van der Waals surface area contributed by atoms with Crippen molar-refractivity contribution >= 4 is 17.5 Å². The number of nitrogens with zero attached hydrogens (tertiary/aromatic N) is 1. The smallest absolute Gasteiger partial charge is 0.258 e. The molecule has 23 heavy (non-hydrogen) atoms. The zero-order chi connectivity index (χ0) is 16.4. The fraction of sp³-hybridized carbons (Fsp3) is 0.263. The highest BCUT2D eigenvalue weighted by atomic mass is 16.2. The number of rotatable bonds is 4. The topological polar surface area (TPSA) is 49.4 Å². The van der Waals surface area contributed by atoms with Crippen molar-refractivity contribution in [1.82, 2.24) is 5.32 Å². The second kappa shape index (κ2) is 6.24. The molecule has 3 rings (SSSR count). The number of hydrogen-bond donors (Lipinski definition) is 1. The predicted molar refractivity (Wildman–Crippen MR) is 90.5 cm³/mol. The van der Waals surface area contributed by atoms with Crippen molar-refractivity contribution in [3.63, 3.8) is 0 Å². The molecule has 1 heterocycles. The summed E-state index contributed by atoms with van der Waals surface area (Å²) < 4.78 is 0. The molecule has 0 saturated heterocycles. The lowest BCUT2D eigenvalue weighted by Gasteiger charge is -2.17. The van der Waals surface area contributed by atoms with E-state index in [2.05, 4.69) is 5.32 Å². The molecule has 118 valence electrons. The summed E-state index contributed by atoms with van der Waals surface area (Å²) in [4.78, 5) is 26.2. The summed E-state index contributed by atoms with van der Waals surface area (Å²) in [7, 11) is 0. The first-order chi connectivity index (χ1) is 11.1. The van der Waals surface area contributed by atoms with Gasteiger partial charge < -0.3 is 10.2 Å². The molecule has 4 heteroatoms. The normalized spacial score (nSPS) is 14.5. The highest BCUT2D eigenvalue weighted by Gasteiger charge is 2.28. The fourth-order valence-electron chi connectivity index (χ4n) is 2.88. The van der Waals surface area contributed by atoms with Crippen molar-refractivity contribution in [2.75, 3.05) is 11.4 Å². The number of nitrogens with one attached hydrogen (secondary N) is 1. The van der Waals surface area contributed by atoms with Gasteiger partial charge >= 0.3 is 0 Å². The maximum Gasteiger partial charge on any atom is 0.258 e. The number of anilines is 1. The molecule has 2 amide bonds. The molecule has 1 atom stereocenters. The van der Waals surface area contributed by atoms with Gasteiger partial charge in [0.15, 0.2) is 0 Å². The van der Waals surface area contributed by atoms with Crippen molar-refractivity contribution in [3.05, 3.63) is 65.2 Å². The van der Waals surface area contributed by atoms with Crippen LogP contribution >= 0.6 is 0 Å². The Kier molecular flexibility index (Phi) is 4.15. The van der Waals surface area contributed by atoms with Gasteiger partial charge in [-0.15, -0.1) is 0 Å². The summed E-state index contributed by atoms with van der Waals surface area (Å²) in [5.74, 6) is -0.148. The molecule has 2 aromatic carbocycles. The van der Waals surface area contributed by atoms with Gasteiger partial charge in [-0.2, -0.15) is 0 Å². The van der Waals surface area contributed by atoms with Gasteiger partial charge in [0, 0.05) is 17.8 Å². The molecule has 0 saturated carbocycles. The number of carbonyl (C=O) groups excluding carboxylic acids is 2. The van der Waals surface area contributed by atoms with Crippen LogP contribution in [0.4, 0.5) is 5.69 Å². The maximum atomic E-state index is 12.5. The first-order valence-electron chi connectivity index (χ1n) is 7.89. The van der Waals surface area contributed by atoms with Gasteiger partial charge in [-0.25, -0.2) is 0 Å². The third kappa shape index (κ3) is 2.84. The standard InChI is InChI=1S/C19H20N2O2/c1-3-20-18(22)13(2)14-8-10-16(11-9-14)21-12-15-6-4-5-7-17(15)19(21)23/h4-11,13H,3,12H2,1-2H3,(H,20,22). The minimum atomic E-state index is -0.199. The molecule has 0 spiro atoms. The maximum absolute atomic E-state index is 12.5. The fourth-order valence-corrected chi connectivity index (χ4v) is 2.88. The number of amides is 2. The molecule has 1 aliphatic rings. The average Bonchev–Trinajstić information content (AvgIpc) is 2.92. The molecule has 1 aliphatic heterocycles. The van der Waals surface area contributed by atoms with E-state index in [9.17, 15) is 9.59 Å². The van der Waals surface area contributed by atoms with Crippen LogP contribution in [-0.4, -0.2) is 18.4 Å². The summed E-state index contributed by atoms with van der Waals surface area (Å²) in [5, 5.41) is 2.83. The Morgan fingerprint density at radius 2 is 1.87 bits per heavy atom. The Hall–Kier alpha value is -2.62. The molecule has 1 unspecified atom stereocenters. The first kappa shape index (κ1) is 15.3. The van der Waals surface area contributed by atoms with E-state index in [0.717, 1.165) is 22.4 Å². The quantitative estimate of drug-likeness (QED) is 0.943. The summed E-state index contributed by atoms with van der Waals surface area (Å²) in [6.07, 6.45) is 0. The number of likely N-dealkylation sites (N-methyl/N-ethyl adjacent to an activating group) is 1. The summed E-state index contributed by atoms with van der Waals surface area (Å²) in [6, 6.07) is 15.4. The molecule has 0 aliphatic carbocycles. The van der Waals surface area contributed by atoms with Crippen molar-refractivity contribution in [2.24, 2.45) is 0 Å². The third-order valence-corrected chi connectivity index (χ3v) is 4.27. The molecular weight excluding hydrogens is 288 g/mol.